The molecule has 0 saturated heterocycles. The molecule has 0 amide bonds. The minimum Gasteiger partial charge on any atom is -0.302 e. The van der Waals surface area contributed by atoms with Crippen LogP contribution in [0.2, 0.25) is 0 Å². The third-order valence-electron chi connectivity index (χ3n) is 3.12. The summed E-state index contributed by atoms with van der Waals surface area (Å²) in [4.78, 5) is 2.36. The van der Waals surface area contributed by atoms with Gasteiger partial charge in [0.1, 0.15) is 0 Å². The van der Waals surface area contributed by atoms with Crippen LogP contribution in [0.4, 0.5) is 0 Å². The highest BCUT2D eigenvalue weighted by Crippen LogP contribution is 2.17. The van der Waals surface area contributed by atoms with Crippen LogP contribution in [0.25, 0.3) is 0 Å². The number of nitrogens with one attached hydrogen (secondary N) is 1. The van der Waals surface area contributed by atoms with Gasteiger partial charge >= 0.3 is 0 Å². The number of hydrogen-bond acceptors (Lipinski definition) is 2. The molecule has 0 bridgehead atoms. The van der Waals surface area contributed by atoms with Crippen molar-refractivity contribution in [3.63, 3.8) is 0 Å². The molecule has 1 rings (SSSR count). The predicted octanol–water partition coefficient (Wildman–Crippen LogP) is 2.21. The van der Waals surface area contributed by atoms with Crippen molar-refractivity contribution >= 4 is 0 Å². The first-order valence-corrected chi connectivity index (χ1v) is 5.64. The Labute approximate surface area is 82.7 Å². The molecule has 78 valence electrons. The van der Waals surface area contributed by atoms with Gasteiger partial charge in [0.2, 0.25) is 0 Å². The average molecular weight is 184 g/mol. The third kappa shape index (κ3) is 4.10. The molecule has 0 atom stereocenters. The molecule has 0 aromatic rings. The minimum atomic E-state index is 0.649. The summed E-state index contributed by atoms with van der Waals surface area (Å²) in [6, 6.07) is 1.44. The molecule has 1 aliphatic carbocycles. The van der Waals surface area contributed by atoms with Gasteiger partial charge in [0, 0.05) is 18.8 Å². The number of hydrogen-bond donors (Lipinski definition) is 1. The highest BCUT2D eigenvalue weighted by atomic mass is 15.2. The van der Waals surface area contributed by atoms with Crippen molar-refractivity contribution < 1.29 is 0 Å². The highest BCUT2D eigenvalue weighted by molar-refractivity contribution is 4.71. The zero-order valence-corrected chi connectivity index (χ0v) is 9.34. The van der Waals surface area contributed by atoms with Gasteiger partial charge in [-0.15, -0.1) is 0 Å². The smallest absolute Gasteiger partial charge is 0.0482 e. The molecule has 1 N–H and O–H groups in total. The van der Waals surface area contributed by atoms with Gasteiger partial charge < -0.3 is 5.32 Å². The molecule has 0 radical (unpaired) electrons. The molecule has 2 nitrogen and oxygen atoms in total. The molecule has 0 aromatic carbocycles. The van der Waals surface area contributed by atoms with E-state index in [1.54, 1.807) is 0 Å². The van der Waals surface area contributed by atoms with Crippen LogP contribution in [0.3, 0.4) is 0 Å². The number of rotatable bonds is 4. The van der Waals surface area contributed by atoms with E-state index in [1.807, 2.05) is 0 Å². The monoisotopic (exact) mass is 184 g/mol. The fourth-order valence-electron chi connectivity index (χ4n) is 1.76. The molecule has 1 fully saturated rings. The Morgan fingerprint density at radius 2 is 1.85 bits per heavy atom. The normalized spacial score (nSPS) is 20.1. The van der Waals surface area contributed by atoms with Crippen LogP contribution in [0.1, 0.15) is 46.0 Å². The minimum absolute atomic E-state index is 0.649. The lowest BCUT2D eigenvalue weighted by Crippen LogP contribution is -2.41. The van der Waals surface area contributed by atoms with Gasteiger partial charge in [-0.25, -0.2) is 0 Å². The van der Waals surface area contributed by atoms with Crippen LogP contribution >= 0.6 is 0 Å². The van der Waals surface area contributed by atoms with Crippen molar-refractivity contribution in [1.82, 2.24) is 10.2 Å². The second-order valence-corrected chi connectivity index (χ2v) is 4.55. The Balaban J connectivity index is 2.10. The van der Waals surface area contributed by atoms with E-state index in [0.717, 1.165) is 12.7 Å². The van der Waals surface area contributed by atoms with Crippen molar-refractivity contribution in [3.8, 4) is 0 Å². The van der Waals surface area contributed by atoms with Gasteiger partial charge in [-0.3, -0.25) is 4.90 Å². The van der Waals surface area contributed by atoms with Crippen molar-refractivity contribution in [2.24, 2.45) is 0 Å². The Hall–Kier alpha value is -0.0800. The molecule has 0 aliphatic heterocycles. The van der Waals surface area contributed by atoms with E-state index < -0.39 is 0 Å². The molecule has 13 heavy (non-hydrogen) atoms. The summed E-state index contributed by atoms with van der Waals surface area (Å²) in [7, 11) is 2.18. The first-order valence-electron chi connectivity index (χ1n) is 5.64. The van der Waals surface area contributed by atoms with Gasteiger partial charge in [0.15, 0.2) is 0 Å². The summed E-state index contributed by atoms with van der Waals surface area (Å²) in [5.74, 6) is 0. The summed E-state index contributed by atoms with van der Waals surface area (Å²) in [5, 5.41) is 3.63. The predicted molar refractivity (Wildman–Crippen MR) is 57.8 cm³/mol. The Morgan fingerprint density at radius 1 is 1.23 bits per heavy atom. The fourth-order valence-corrected chi connectivity index (χ4v) is 1.76. The maximum absolute atomic E-state index is 3.63. The van der Waals surface area contributed by atoms with E-state index in [4.69, 9.17) is 0 Å². The standard InChI is InChI=1S/C11H24N2/c1-10(2)13(3)9-12-11-7-5-4-6-8-11/h10-12H,4-9H2,1-3H3. The van der Waals surface area contributed by atoms with Gasteiger partial charge in [-0.05, 0) is 33.7 Å². The summed E-state index contributed by atoms with van der Waals surface area (Å²) < 4.78 is 0. The molecule has 2 heteroatoms. The molecule has 0 heterocycles. The van der Waals surface area contributed by atoms with E-state index in [-0.39, 0.29) is 0 Å². The van der Waals surface area contributed by atoms with E-state index in [9.17, 15) is 0 Å². The largest absolute Gasteiger partial charge is 0.302 e. The van der Waals surface area contributed by atoms with Crippen molar-refractivity contribution in [1.29, 1.82) is 0 Å². The van der Waals surface area contributed by atoms with Crippen molar-refractivity contribution in [2.45, 2.75) is 58.0 Å². The van der Waals surface area contributed by atoms with Crippen LogP contribution < -0.4 is 5.32 Å². The second kappa shape index (κ2) is 5.61. The van der Waals surface area contributed by atoms with Crippen molar-refractivity contribution in [3.05, 3.63) is 0 Å². The van der Waals surface area contributed by atoms with E-state index in [1.165, 1.54) is 32.1 Å². The Kier molecular flexibility index (Phi) is 4.74. The lowest BCUT2D eigenvalue weighted by molar-refractivity contribution is 0.225. The maximum Gasteiger partial charge on any atom is 0.0482 e. The van der Waals surface area contributed by atoms with Crippen molar-refractivity contribution in [2.75, 3.05) is 13.7 Å². The van der Waals surface area contributed by atoms with Crippen LogP contribution in [-0.4, -0.2) is 30.7 Å². The summed E-state index contributed by atoms with van der Waals surface area (Å²) in [5.41, 5.74) is 0. The zero-order chi connectivity index (χ0) is 9.68. The second-order valence-electron chi connectivity index (χ2n) is 4.55. The molecule has 1 aliphatic rings. The highest BCUT2D eigenvalue weighted by Gasteiger charge is 2.13. The van der Waals surface area contributed by atoms with Gasteiger partial charge in [0.05, 0.1) is 0 Å². The lowest BCUT2D eigenvalue weighted by Gasteiger charge is -2.27. The first kappa shape index (κ1) is 11.0. The van der Waals surface area contributed by atoms with Crippen LogP contribution in [-0.2, 0) is 0 Å². The van der Waals surface area contributed by atoms with Crippen LogP contribution in [0.5, 0.6) is 0 Å². The van der Waals surface area contributed by atoms with E-state index in [2.05, 4.69) is 31.1 Å². The fraction of sp³-hybridized carbons (Fsp3) is 1.00. The van der Waals surface area contributed by atoms with Gasteiger partial charge in [-0.1, -0.05) is 19.3 Å². The van der Waals surface area contributed by atoms with E-state index in [0.29, 0.717) is 6.04 Å². The Morgan fingerprint density at radius 3 is 2.38 bits per heavy atom. The van der Waals surface area contributed by atoms with Gasteiger partial charge in [-0.2, -0.15) is 0 Å². The summed E-state index contributed by atoms with van der Waals surface area (Å²) >= 11 is 0. The molecule has 1 saturated carbocycles. The number of nitrogens with zero attached hydrogens (tertiary/aromatic N) is 1. The van der Waals surface area contributed by atoms with E-state index >= 15 is 0 Å². The summed E-state index contributed by atoms with van der Waals surface area (Å²) in [6.07, 6.45) is 7.04. The molecular formula is C11H24N2. The van der Waals surface area contributed by atoms with Crippen LogP contribution in [0, 0.1) is 0 Å². The third-order valence-corrected chi connectivity index (χ3v) is 3.12. The molecule has 0 unspecified atom stereocenters. The van der Waals surface area contributed by atoms with Gasteiger partial charge in [0.25, 0.3) is 0 Å². The average Bonchev–Trinajstić information content (AvgIpc) is 2.15. The zero-order valence-electron chi connectivity index (χ0n) is 9.34. The summed E-state index contributed by atoms with van der Waals surface area (Å²) in [6.45, 7) is 5.52. The maximum atomic E-state index is 3.63. The Bertz CT molecular complexity index is 128. The molecule has 0 spiro atoms. The topological polar surface area (TPSA) is 15.3 Å². The van der Waals surface area contributed by atoms with Crippen LogP contribution in [0.15, 0.2) is 0 Å². The SMILES string of the molecule is CC(C)N(C)CNC1CCCCC1. The molecule has 0 aromatic heterocycles. The molecular weight excluding hydrogens is 160 g/mol. The first-order chi connectivity index (χ1) is 6.20. The lowest BCUT2D eigenvalue weighted by atomic mass is 9.96. The quantitative estimate of drug-likeness (QED) is 0.674.